The molecule has 2 atom stereocenters. The second-order valence-corrected chi connectivity index (χ2v) is 10.9. The first-order valence-electron chi connectivity index (χ1n) is 14.3. The SMILES string of the molecule is COc1ccc(-n2c(C)cc([C@@H]3[C@H](c4ccccn4)NC(=S)N3c3ccc(NC(=O)COc4ccccc4)cc3)c2C)cc1. The number of amides is 1. The summed E-state index contributed by atoms with van der Waals surface area (Å²) in [7, 11) is 1.67. The van der Waals surface area contributed by atoms with Crippen molar-refractivity contribution in [1.82, 2.24) is 14.9 Å². The third-order valence-corrected chi connectivity index (χ3v) is 8.07. The Morgan fingerprint density at radius 2 is 1.61 bits per heavy atom. The average molecular weight is 604 g/mol. The summed E-state index contributed by atoms with van der Waals surface area (Å²) in [4.78, 5) is 19.4. The van der Waals surface area contributed by atoms with Crippen molar-refractivity contribution < 1.29 is 14.3 Å². The Hall–Kier alpha value is -5.15. The molecular formula is C35H33N5O3S. The average Bonchev–Trinajstić information content (AvgIpc) is 3.55. The number of carbonyl (C=O) groups excluding carboxylic acids is 1. The zero-order valence-electron chi connectivity index (χ0n) is 24.7. The Kier molecular flexibility index (Phi) is 8.29. The number of anilines is 2. The van der Waals surface area contributed by atoms with Crippen LogP contribution in [0, 0.1) is 13.8 Å². The fraction of sp³-hybridized carbons (Fsp3) is 0.171. The predicted octanol–water partition coefficient (Wildman–Crippen LogP) is 6.69. The number of nitrogens with zero attached hydrogens (tertiary/aromatic N) is 3. The van der Waals surface area contributed by atoms with Gasteiger partial charge < -0.3 is 29.6 Å². The molecule has 0 radical (unpaired) electrons. The highest BCUT2D eigenvalue weighted by molar-refractivity contribution is 7.80. The maximum Gasteiger partial charge on any atom is 0.262 e. The number of ether oxygens (including phenoxy) is 2. The number of carbonyl (C=O) groups is 1. The lowest BCUT2D eigenvalue weighted by Gasteiger charge is -2.28. The fourth-order valence-corrected chi connectivity index (χ4v) is 6.08. The number of hydrogen-bond acceptors (Lipinski definition) is 5. The molecule has 0 unspecified atom stereocenters. The van der Waals surface area contributed by atoms with Gasteiger partial charge in [0.05, 0.1) is 24.9 Å². The first-order valence-corrected chi connectivity index (χ1v) is 14.8. The van der Waals surface area contributed by atoms with E-state index in [-0.39, 0.29) is 24.6 Å². The molecule has 0 bridgehead atoms. The first-order chi connectivity index (χ1) is 21.4. The second-order valence-electron chi connectivity index (χ2n) is 10.6. The number of aryl methyl sites for hydroxylation is 1. The number of rotatable bonds is 9. The Bertz CT molecular complexity index is 1760. The molecule has 9 heteroatoms. The van der Waals surface area contributed by atoms with Gasteiger partial charge in [0.2, 0.25) is 0 Å². The normalized spacial score (nSPS) is 16.0. The Balaban J connectivity index is 1.30. The number of pyridine rings is 1. The van der Waals surface area contributed by atoms with E-state index in [4.69, 9.17) is 26.7 Å². The van der Waals surface area contributed by atoms with Crippen LogP contribution < -0.4 is 25.0 Å². The molecule has 2 N–H and O–H groups in total. The Morgan fingerprint density at radius 1 is 0.909 bits per heavy atom. The molecule has 44 heavy (non-hydrogen) atoms. The number of methoxy groups -OCH3 is 1. The summed E-state index contributed by atoms with van der Waals surface area (Å²) in [5.74, 6) is 1.22. The molecule has 5 aromatic rings. The van der Waals surface area contributed by atoms with Gasteiger partial charge in [-0.2, -0.15) is 0 Å². The van der Waals surface area contributed by atoms with Crippen molar-refractivity contribution in [3.8, 4) is 17.2 Å². The van der Waals surface area contributed by atoms with E-state index in [0.29, 0.717) is 16.5 Å². The number of thiocarbonyl (C=S) groups is 1. The molecule has 2 aromatic heterocycles. The summed E-state index contributed by atoms with van der Waals surface area (Å²) in [6.45, 7) is 4.17. The topological polar surface area (TPSA) is 80.7 Å². The van der Waals surface area contributed by atoms with Gasteiger partial charge in [0, 0.05) is 34.6 Å². The molecule has 8 nitrogen and oxygen atoms in total. The van der Waals surface area contributed by atoms with E-state index in [1.54, 1.807) is 13.3 Å². The second kappa shape index (κ2) is 12.6. The van der Waals surface area contributed by atoms with E-state index < -0.39 is 0 Å². The number of nitrogens with one attached hydrogen (secondary N) is 2. The van der Waals surface area contributed by atoms with Gasteiger partial charge in [-0.25, -0.2) is 0 Å². The zero-order valence-corrected chi connectivity index (χ0v) is 25.5. The zero-order chi connectivity index (χ0) is 30.6. The van der Waals surface area contributed by atoms with Crippen molar-refractivity contribution >= 4 is 34.6 Å². The summed E-state index contributed by atoms with van der Waals surface area (Å²) in [5.41, 5.74) is 6.88. The van der Waals surface area contributed by atoms with E-state index in [0.717, 1.165) is 39.8 Å². The molecule has 0 spiro atoms. The maximum atomic E-state index is 12.5. The van der Waals surface area contributed by atoms with Crippen molar-refractivity contribution in [2.75, 3.05) is 23.9 Å². The van der Waals surface area contributed by atoms with Crippen LogP contribution in [-0.4, -0.2) is 34.3 Å². The van der Waals surface area contributed by atoms with E-state index in [1.807, 2.05) is 84.9 Å². The smallest absolute Gasteiger partial charge is 0.262 e. The third-order valence-electron chi connectivity index (χ3n) is 7.76. The minimum atomic E-state index is -0.237. The number of hydrogen-bond donors (Lipinski definition) is 2. The van der Waals surface area contributed by atoms with Crippen LogP contribution in [-0.2, 0) is 4.79 Å². The van der Waals surface area contributed by atoms with Crippen molar-refractivity contribution in [2.24, 2.45) is 0 Å². The molecule has 1 fully saturated rings. The van der Waals surface area contributed by atoms with Crippen LogP contribution in [0.4, 0.5) is 11.4 Å². The van der Waals surface area contributed by atoms with Crippen molar-refractivity contribution in [1.29, 1.82) is 0 Å². The van der Waals surface area contributed by atoms with Gasteiger partial charge in [-0.1, -0.05) is 24.3 Å². The van der Waals surface area contributed by atoms with Crippen LogP contribution >= 0.6 is 12.2 Å². The molecule has 1 aliphatic heterocycles. The summed E-state index contributed by atoms with van der Waals surface area (Å²) < 4.78 is 13.2. The van der Waals surface area contributed by atoms with E-state index in [9.17, 15) is 4.79 Å². The summed E-state index contributed by atoms with van der Waals surface area (Å²) in [5, 5.41) is 7.06. The van der Waals surface area contributed by atoms with E-state index >= 15 is 0 Å². The molecule has 1 amide bonds. The van der Waals surface area contributed by atoms with Crippen LogP contribution in [0.15, 0.2) is 109 Å². The van der Waals surface area contributed by atoms with Crippen molar-refractivity contribution in [3.05, 3.63) is 132 Å². The van der Waals surface area contributed by atoms with Gasteiger partial charge in [-0.15, -0.1) is 0 Å². The quantitative estimate of drug-likeness (QED) is 0.182. The van der Waals surface area contributed by atoms with Gasteiger partial charge in [-0.05, 0) is 110 Å². The van der Waals surface area contributed by atoms with Crippen LogP contribution in [0.5, 0.6) is 11.5 Å². The minimum absolute atomic E-state index is 0.0798. The lowest BCUT2D eigenvalue weighted by molar-refractivity contribution is -0.118. The molecule has 0 saturated carbocycles. The lowest BCUT2D eigenvalue weighted by atomic mass is 9.96. The summed E-state index contributed by atoms with van der Waals surface area (Å²) in [6.07, 6.45) is 1.80. The van der Waals surface area contributed by atoms with Gasteiger partial charge in [0.1, 0.15) is 11.5 Å². The lowest BCUT2D eigenvalue weighted by Crippen LogP contribution is -2.29. The minimum Gasteiger partial charge on any atom is -0.497 e. The highest BCUT2D eigenvalue weighted by Crippen LogP contribution is 2.44. The van der Waals surface area contributed by atoms with Crippen LogP contribution in [0.2, 0.25) is 0 Å². The van der Waals surface area contributed by atoms with Crippen molar-refractivity contribution in [3.63, 3.8) is 0 Å². The Labute approximate surface area is 262 Å². The molecule has 1 saturated heterocycles. The standard InChI is InChI=1S/C35H33N5O3S/c1-23-21-30(24(2)39(23)26-16-18-28(42-3)19-17-26)34-33(31-11-7-8-20-36-31)38-35(44)40(34)27-14-12-25(13-15-27)37-32(41)22-43-29-9-5-4-6-10-29/h4-21,33-34H,22H2,1-3H3,(H,37,41)(H,38,44)/t33-,34+/m0/s1. The number of para-hydroxylation sites is 1. The highest BCUT2D eigenvalue weighted by Gasteiger charge is 2.42. The monoisotopic (exact) mass is 603 g/mol. The fourth-order valence-electron chi connectivity index (χ4n) is 5.73. The largest absolute Gasteiger partial charge is 0.497 e. The number of benzene rings is 3. The molecule has 0 aliphatic carbocycles. The molecule has 3 aromatic carbocycles. The van der Waals surface area contributed by atoms with Gasteiger partial charge in [0.15, 0.2) is 11.7 Å². The molecule has 222 valence electrons. The number of aromatic nitrogens is 2. The summed E-state index contributed by atoms with van der Waals surface area (Å²) >= 11 is 5.94. The first kappa shape index (κ1) is 28.9. The van der Waals surface area contributed by atoms with Gasteiger partial charge >= 0.3 is 0 Å². The molecule has 6 rings (SSSR count). The van der Waals surface area contributed by atoms with E-state index in [1.165, 1.54) is 0 Å². The summed E-state index contributed by atoms with van der Waals surface area (Å²) in [6, 6.07) is 32.8. The van der Waals surface area contributed by atoms with Crippen LogP contribution in [0.1, 0.15) is 34.7 Å². The van der Waals surface area contributed by atoms with E-state index in [2.05, 4.69) is 52.1 Å². The van der Waals surface area contributed by atoms with Crippen LogP contribution in [0.3, 0.4) is 0 Å². The van der Waals surface area contributed by atoms with Crippen molar-refractivity contribution in [2.45, 2.75) is 25.9 Å². The Morgan fingerprint density at radius 3 is 2.30 bits per heavy atom. The molecule has 3 heterocycles. The highest BCUT2D eigenvalue weighted by atomic mass is 32.1. The van der Waals surface area contributed by atoms with Gasteiger partial charge in [0.25, 0.3) is 5.91 Å². The third kappa shape index (κ3) is 5.87. The predicted molar refractivity (Wildman–Crippen MR) is 177 cm³/mol. The van der Waals surface area contributed by atoms with Crippen LogP contribution in [0.25, 0.3) is 5.69 Å². The van der Waals surface area contributed by atoms with Gasteiger partial charge in [-0.3, -0.25) is 9.78 Å². The maximum absolute atomic E-state index is 12.5. The molecular weight excluding hydrogens is 570 g/mol. The molecule has 1 aliphatic rings.